The van der Waals surface area contributed by atoms with Crippen LogP contribution in [0.5, 0.6) is 0 Å². The first kappa shape index (κ1) is 14.0. The average molecular weight is 281 g/mol. The minimum absolute atomic E-state index is 0.255. The normalized spacial score (nSPS) is 10.9. The minimum atomic E-state index is -0.255. The largest absolute Gasteiger partial charge is 0.416 e. The molecule has 0 aliphatic carbocycles. The number of nitrogens with zero attached hydrogens (tertiary/aromatic N) is 2. The smallest absolute Gasteiger partial charge is 0.281 e. The van der Waals surface area contributed by atoms with Gasteiger partial charge < -0.3 is 9.73 Å². The molecule has 0 saturated heterocycles. The molecule has 19 heavy (non-hydrogen) atoms. The van der Waals surface area contributed by atoms with Crippen molar-refractivity contribution in [1.82, 2.24) is 15.5 Å². The zero-order valence-electron chi connectivity index (χ0n) is 10.9. The van der Waals surface area contributed by atoms with Crippen molar-refractivity contribution in [2.45, 2.75) is 36.9 Å². The molecule has 2 rings (SSSR count). The van der Waals surface area contributed by atoms with E-state index in [1.807, 2.05) is 6.07 Å². The average Bonchev–Trinajstić information content (AvgIpc) is 2.74. The van der Waals surface area contributed by atoms with Gasteiger partial charge in [-0.25, -0.2) is 4.39 Å². The molecule has 0 amide bonds. The molecular weight excluding hydrogens is 265 g/mol. The van der Waals surface area contributed by atoms with Crippen LogP contribution < -0.4 is 5.32 Å². The lowest BCUT2D eigenvalue weighted by Crippen LogP contribution is -2.13. The lowest BCUT2D eigenvalue weighted by atomic mass is 10.2. The molecule has 6 heteroatoms. The molecule has 1 heterocycles. The molecule has 4 nitrogen and oxygen atoms in total. The molecule has 0 bridgehead atoms. The predicted molar refractivity (Wildman–Crippen MR) is 71.6 cm³/mol. The number of hydrogen-bond donors (Lipinski definition) is 1. The van der Waals surface area contributed by atoms with Crippen LogP contribution in [-0.4, -0.2) is 16.7 Å². The Morgan fingerprint density at radius 2 is 2.16 bits per heavy atom. The molecule has 0 aliphatic heterocycles. The molecule has 0 spiro atoms. The lowest BCUT2D eigenvalue weighted by molar-refractivity contribution is 0.429. The van der Waals surface area contributed by atoms with Crippen molar-refractivity contribution in [3.63, 3.8) is 0 Å². The van der Waals surface area contributed by atoms with Crippen LogP contribution in [0, 0.1) is 12.7 Å². The van der Waals surface area contributed by atoms with Crippen LogP contribution in [0.4, 0.5) is 4.39 Å². The molecule has 0 unspecified atom stereocenters. The topological polar surface area (TPSA) is 51.0 Å². The third-order valence-corrected chi connectivity index (χ3v) is 3.21. The monoisotopic (exact) mass is 281 g/mol. The first-order chi connectivity index (χ1) is 9.17. The van der Waals surface area contributed by atoms with Crippen molar-refractivity contribution in [1.29, 1.82) is 0 Å². The quantitative estimate of drug-likeness (QED) is 0.824. The third kappa shape index (κ3) is 4.33. The maximum absolute atomic E-state index is 13.5. The molecular formula is C13H16FN3OS. The molecule has 1 aromatic heterocycles. The van der Waals surface area contributed by atoms with Crippen molar-refractivity contribution >= 4 is 11.8 Å². The second kappa shape index (κ2) is 6.68. The van der Waals surface area contributed by atoms with E-state index in [4.69, 9.17) is 4.42 Å². The summed E-state index contributed by atoms with van der Waals surface area (Å²) in [5, 5.41) is 11.3. The Morgan fingerprint density at radius 3 is 2.84 bits per heavy atom. The van der Waals surface area contributed by atoms with Crippen LogP contribution in [-0.2, 0) is 6.54 Å². The van der Waals surface area contributed by atoms with Crippen LogP contribution >= 0.6 is 11.8 Å². The van der Waals surface area contributed by atoms with E-state index in [0.29, 0.717) is 17.7 Å². The fourth-order valence-electron chi connectivity index (χ4n) is 1.61. The first-order valence-electron chi connectivity index (χ1n) is 6.15. The van der Waals surface area contributed by atoms with E-state index < -0.39 is 0 Å². The zero-order valence-corrected chi connectivity index (χ0v) is 11.8. The Hall–Kier alpha value is -1.40. The third-order valence-electron chi connectivity index (χ3n) is 2.40. The van der Waals surface area contributed by atoms with Crippen molar-refractivity contribution in [3.05, 3.63) is 35.5 Å². The van der Waals surface area contributed by atoms with Gasteiger partial charge in [-0.15, -0.1) is 10.2 Å². The van der Waals surface area contributed by atoms with Gasteiger partial charge >= 0.3 is 0 Å². The summed E-state index contributed by atoms with van der Waals surface area (Å²) in [5.41, 5.74) is 0.909. The van der Waals surface area contributed by atoms with Crippen molar-refractivity contribution < 1.29 is 8.81 Å². The highest BCUT2D eigenvalue weighted by Crippen LogP contribution is 2.27. The molecule has 0 saturated carbocycles. The second-order valence-corrected chi connectivity index (χ2v) is 5.19. The summed E-state index contributed by atoms with van der Waals surface area (Å²) in [7, 11) is 0. The summed E-state index contributed by atoms with van der Waals surface area (Å²) in [6, 6.07) is 4.93. The van der Waals surface area contributed by atoms with Crippen molar-refractivity contribution in [2.24, 2.45) is 0 Å². The maximum Gasteiger partial charge on any atom is 0.281 e. The summed E-state index contributed by atoms with van der Waals surface area (Å²) in [4.78, 5) is 0.761. The molecule has 1 aromatic carbocycles. The number of aromatic nitrogens is 2. The molecule has 0 radical (unpaired) electrons. The maximum atomic E-state index is 13.5. The van der Waals surface area contributed by atoms with E-state index in [2.05, 4.69) is 22.4 Å². The number of nitrogens with one attached hydrogen (secondary N) is 1. The Kier molecular flexibility index (Phi) is 4.93. The number of aryl methyl sites for hydroxylation is 1. The van der Waals surface area contributed by atoms with Gasteiger partial charge in [0, 0.05) is 18.4 Å². The van der Waals surface area contributed by atoms with Gasteiger partial charge in [-0.3, -0.25) is 0 Å². The fraction of sp³-hybridized carbons (Fsp3) is 0.385. The summed E-state index contributed by atoms with van der Waals surface area (Å²) in [6.45, 7) is 5.39. The number of rotatable bonds is 6. The molecule has 0 aliphatic rings. The predicted octanol–water partition coefficient (Wildman–Crippen LogP) is 3.17. The van der Waals surface area contributed by atoms with E-state index in [9.17, 15) is 4.39 Å². The Morgan fingerprint density at radius 1 is 1.32 bits per heavy atom. The van der Waals surface area contributed by atoms with Crippen LogP contribution in [0.2, 0.25) is 0 Å². The molecule has 0 fully saturated rings. The van der Waals surface area contributed by atoms with Gasteiger partial charge in [0.15, 0.2) is 0 Å². The van der Waals surface area contributed by atoms with Gasteiger partial charge in [0.2, 0.25) is 5.89 Å². The first-order valence-corrected chi connectivity index (χ1v) is 6.97. The fourth-order valence-corrected chi connectivity index (χ4v) is 2.44. The molecule has 1 N–H and O–H groups in total. The number of halogens is 1. The van der Waals surface area contributed by atoms with E-state index in [1.165, 1.54) is 23.9 Å². The summed E-state index contributed by atoms with van der Waals surface area (Å²) in [6.07, 6.45) is 1.05. The SMILES string of the molecule is CCCNCc1cc(F)cc(Sc2nnc(C)o2)c1. The molecule has 0 atom stereocenters. The highest BCUT2D eigenvalue weighted by molar-refractivity contribution is 7.99. The van der Waals surface area contributed by atoms with Crippen molar-refractivity contribution in [2.75, 3.05) is 6.54 Å². The molecule has 102 valence electrons. The second-order valence-electron chi connectivity index (χ2n) is 4.16. The van der Waals surface area contributed by atoms with Crippen LogP contribution in [0.1, 0.15) is 24.8 Å². The van der Waals surface area contributed by atoms with E-state index in [-0.39, 0.29) is 5.82 Å². The summed E-state index contributed by atoms with van der Waals surface area (Å²) >= 11 is 1.27. The summed E-state index contributed by atoms with van der Waals surface area (Å²) in [5.74, 6) is 0.248. The van der Waals surface area contributed by atoms with Crippen molar-refractivity contribution in [3.8, 4) is 0 Å². The van der Waals surface area contributed by atoms with Gasteiger partial charge in [0.1, 0.15) is 5.82 Å². The lowest BCUT2D eigenvalue weighted by Gasteiger charge is -2.05. The van der Waals surface area contributed by atoms with Crippen LogP contribution in [0.3, 0.4) is 0 Å². The highest BCUT2D eigenvalue weighted by atomic mass is 32.2. The number of benzene rings is 1. The van der Waals surface area contributed by atoms with Gasteiger partial charge in [0.05, 0.1) is 0 Å². The Labute approximate surface area is 115 Å². The summed E-state index contributed by atoms with van der Waals surface area (Å²) < 4.78 is 18.8. The van der Waals surface area contributed by atoms with Gasteiger partial charge in [-0.2, -0.15) is 0 Å². The van der Waals surface area contributed by atoms with E-state index in [0.717, 1.165) is 23.4 Å². The Bertz CT molecular complexity index is 544. The zero-order chi connectivity index (χ0) is 13.7. The number of hydrogen-bond acceptors (Lipinski definition) is 5. The minimum Gasteiger partial charge on any atom is -0.416 e. The van der Waals surface area contributed by atoms with E-state index in [1.54, 1.807) is 6.92 Å². The van der Waals surface area contributed by atoms with Gasteiger partial charge in [-0.1, -0.05) is 6.92 Å². The molecule has 2 aromatic rings. The van der Waals surface area contributed by atoms with E-state index >= 15 is 0 Å². The standard InChI is InChI=1S/C13H16FN3OS/c1-3-4-15-8-10-5-11(14)7-12(6-10)19-13-17-16-9(2)18-13/h5-7,15H,3-4,8H2,1-2H3. The highest BCUT2D eigenvalue weighted by Gasteiger charge is 2.07. The van der Waals surface area contributed by atoms with Crippen LogP contribution in [0.25, 0.3) is 0 Å². The van der Waals surface area contributed by atoms with Crippen LogP contribution in [0.15, 0.2) is 32.7 Å². The van der Waals surface area contributed by atoms with Gasteiger partial charge in [0.25, 0.3) is 5.22 Å². The van der Waals surface area contributed by atoms with Gasteiger partial charge in [-0.05, 0) is 48.5 Å². The Balaban J connectivity index is 2.07.